The normalized spacial score (nSPS) is 10.2. The van der Waals surface area contributed by atoms with E-state index in [4.69, 9.17) is 22.1 Å². The molecule has 3 aromatic rings. The van der Waals surface area contributed by atoms with Crippen LogP contribution in [0.4, 0.5) is 27.4 Å². The molecule has 0 fully saturated rings. The molecule has 0 unspecified atom stereocenters. The second-order valence-electron chi connectivity index (χ2n) is 5.51. The van der Waals surface area contributed by atoms with E-state index in [1.54, 1.807) is 24.3 Å². The lowest BCUT2D eigenvalue weighted by Gasteiger charge is -2.15. The molecule has 10 heteroatoms. The molecule has 1 amide bonds. The van der Waals surface area contributed by atoms with Gasteiger partial charge in [-0.3, -0.25) is 15.6 Å². The maximum atomic E-state index is 13.7. The number of hydrogen-bond acceptors (Lipinski definition) is 7. The Bertz CT molecular complexity index is 1020. The Morgan fingerprint density at radius 2 is 1.93 bits per heavy atom. The molecule has 0 spiro atoms. The molecular formula is C18H16ClFN6O2. The highest BCUT2D eigenvalue weighted by Gasteiger charge is 2.14. The van der Waals surface area contributed by atoms with Crippen LogP contribution in [0.3, 0.4) is 0 Å². The SMILES string of the molecule is COc1ccc(Cl)cc1Nc1ncnc(NNC(=O)c2ccccc2F)c1N. The Labute approximate surface area is 164 Å². The summed E-state index contributed by atoms with van der Waals surface area (Å²) in [6.07, 6.45) is 1.24. The zero-order valence-corrected chi connectivity index (χ0v) is 15.4. The van der Waals surface area contributed by atoms with Crippen molar-refractivity contribution in [2.75, 3.05) is 23.6 Å². The summed E-state index contributed by atoms with van der Waals surface area (Å²) in [6, 6.07) is 10.6. The number of benzene rings is 2. The standard InChI is InChI=1S/C18H16ClFN6O2/c1-28-14-7-6-10(19)8-13(14)24-16-15(21)17(23-9-22-16)25-26-18(27)11-4-2-3-5-12(11)20/h2-9H,21H2,1H3,(H,26,27)(H2,22,23,24,25). The predicted molar refractivity (Wildman–Crippen MR) is 105 cm³/mol. The summed E-state index contributed by atoms with van der Waals surface area (Å²) in [7, 11) is 1.52. The molecule has 0 atom stereocenters. The van der Waals surface area contributed by atoms with E-state index in [2.05, 4.69) is 26.1 Å². The number of amides is 1. The van der Waals surface area contributed by atoms with Gasteiger partial charge < -0.3 is 15.8 Å². The van der Waals surface area contributed by atoms with Gasteiger partial charge in [0, 0.05) is 5.02 Å². The van der Waals surface area contributed by atoms with Crippen LogP contribution in [0.25, 0.3) is 0 Å². The van der Waals surface area contributed by atoms with Crippen LogP contribution in [0.1, 0.15) is 10.4 Å². The van der Waals surface area contributed by atoms with Gasteiger partial charge in [0.25, 0.3) is 5.91 Å². The number of nitrogens with two attached hydrogens (primary N) is 1. The topological polar surface area (TPSA) is 114 Å². The molecule has 0 saturated heterocycles. The van der Waals surface area contributed by atoms with Gasteiger partial charge in [-0.15, -0.1) is 0 Å². The molecule has 8 nitrogen and oxygen atoms in total. The highest BCUT2D eigenvalue weighted by Crippen LogP contribution is 2.32. The number of carbonyl (C=O) groups is 1. The molecule has 0 bridgehead atoms. The molecule has 0 aliphatic carbocycles. The summed E-state index contributed by atoms with van der Waals surface area (Å²) in [4.78, 5) is 20.2. The van der Waals surface area contributed by atoms with E-state index in [0.29, 0.717) is 16.5 Å². The van der Waals surface area contributed by atoms with Crippen molar-refractivity contribution >= 4 is 40.5 Å². The van der Waals surface area contributed by atoms with Crippen LogP contribution < -0.4 is 26.6 Å². The lowest BCUT2D eigenvalue weighted by molar-refractivity contribution is 0.0958. The summed E-state index contributed by atoms with van der Waals surface area (Å²) < 4.78 is 19.0. The minimum Gasteiger partial charge on any atom is -0.495 e. The van der Waals surface area contributed by atoms with E-state index in [0.717, 1.165) is 0 Å². The quantitative estimate of drug-likeness (QED) is 0.467. The monoisotopic (exact) mass is 402 g/mol. The number of carbonyl (C=O) groups excluding carboxylic acids is 1. The highest BCUT2D eigenvalue weighted by molar-refractivity contribution is 6.31. The number of hydrogen-bond donors (Lipinski definition) is 4. The fraction of sp³-hybridized carbons (Fsp3) is 0.0556. The molecule has 0 aliphatic rings. The Hall–Kier alpha value is -3.59. The van der Waals surface area contributed by atoms with Gasteiger partial charge >= 0.3 is 0 Å². The third-order valence-corrected chi connectivity index (χ3v) is 3.95. The number of ether oxygens (including phenoxy) is 1. The number of nitrogens with one attached hydrogen (secondary N) is 3. The van der Waals surface area contributed by atoms with Gasteiger partial charge in [0.2, 0.25) is 0 Å². The summed E-state index contributed by atoms with van der Waals surface area (Å²) in [6.45, 7) is 0. The molecule has 0 aliphatic heterocycles. The molecule has 0 saturated carbocycles. The average Bonchev–Trinajstić information content (AvgIpc) is 2.69. The third kappa shape index (κ3) is 4.21. The Balaban J connectivity index is 1.77. The molecule has 144 valence electrons. The summed E-state index contributed by atoms with van der Waals surface area (Å²) in [5.74, 6) is -0.402. The van der Waals surface area contributed by atoms with Gasteiger partial charge in [0.15, 0.2) is 11.6 Å². The van der Waals surface area contributed by atoms with Gasteiger partial charge in [-0.1, -0.05) is 23.7 Å². The maximum Gasteiger partial charge on any atom is 0.272 e. The molecule has 1 aromatic heterocycles. The van der Waals surface area contributed by atoms with Crippen LogP contribution in [0.5, 0.6) is 5.75 Å². The first-order valence-corrected chi connectivity index (χ1v) is 8.39. The van der Waals surface area contributed by atoms with Crippen LogP contribution in [0.15, 0.2) is 48.8 Å². The van der Waals surface area contributed by atoms with Gasteiger partial charge in [0.1, 0.15) is 23.6 Å². The van der Waals surface area contributed by atoms with Gasteiger partial charge in [0.05, 0.1) is 18.4 Å². The summed E-state index contributed by atoms with van der Waals surface area (Å²) >= 11 is 6.02. The van der Waals surface area contributed by atoms with E-state index in [1.165, 1.54) is 31.6 Å². The van der Waals surface area contributed by atoms with Crippen LogP contribution in [0, 0.1) is 5.82 Å². The fourth-order valence-corrected chi connectivity index (χ4v) is 2.50. The Morgan fingerprint density at radius 3 is 2.68 bits per heavy atom. The number of nitrogens with zero attached hydrogens (tertiary/aromatic N) is 2. The zero-order valence-electron chi connectivity index (χ0n) is 14.7. The van der Waals surface area contributed by atoms with Gasteiger partial charge in [-0.05, 0) is 30.3 Å². The number of anilines is 4. The number of rotatable bonds is 6. The van der Waals surface area contributed by atoms with Crippen molar-refractivity contribution in [3.05, 3.63) is 65.2 Å². The first-order chi connectivity index (χ1) is 13.5. The molecule has 0 radical (unpaired) electrons. The van der Waals surface area contributed by atoms with Crippen molar-refractivity contribution in [2.45, 2.75) is 0 Å². The van der Waals surface area contributed by atoms with Crippen molar-refractivity contribution in [3.63, 3.8) is 0 Å². The van der Waals surface area contributed by atoms with Crippen LogP contribution in [-0.2, 0) is 0 Å². The van der Waals surface area contributed by atoms with Crippen molar-refractivity contribution in [1.29, 1.82) is 0 Å². The first-order valence-electron chi connectivity index (χ1n) is 8.01. The van der Waals surface area contributed by atoms with Crippen molar-refractivity contribution in [3.8, 4) is 5.75 Å². The lowest BCUT2D eigenvalue weighted by Crippen LogP contribution is -2.31. The first kappa shape index (κ1) is 19.2. The highest BCUT2D eigenvalue weighted by atomic mass is 35.5. The number of aromatic nitrogens is 2. The summed E-state index contributed by atoms with van der Waals surface area (Å²) in [5, 5.41) is 3.50. The number of halogens is 2. The second kappa shape index (κ2) is 8.40. The van der Waals surface area contributed by atoms with Gasteiger partial charge in [-0.2, -0.15) is 0 Å². The Kier molecular flexibility index (Phi) is 5.75. The number of hydrazine groups is 1. The number of nitrogen functional groups attached to an aromatic ring is 1. The third-order valence-electron chi connectivity index (χ3n) is 3.71. The predicted octanol–water partition coefficient (Wildman–Crippen LogP) is 3.36. The smallest absolute Gasteiger partial charge is 0.272 e. The molecule has 2 aromatic carbocycles. The van der Waals surface area contributed by atoms with Crippen LogP contribution >= 0.6 is 11.6 Å². The van der Waals surface area contributed by atoms with E-state index in [1.807, 2.05) is 0 Å². The van der Waals surface area contributed by atoms with E-state index >= 15 is 0 Å². The molecule has 3 rings (SSSR count). The fourth-order valence-electron chi connectivity index (χ4n) is 2.33. The van der Waals surface area contributed by atoms with Crippen molar-refractivity contribution in [1.82, 2.24) is 15.4 Å². The van der Waals surface area contributed by atoms with E-state index in [-0.39, 0.29) is 22.9 Å². The van der Waals surface area contributed by atoms with E-state index in [9.17, 15) is 9.18 Å². The minimum atomic E-state index is -0.679. The lowest BCUT2D eigenvalue weighted by atomic mass is 10.2. The van der Waals surface area contributed by atoms with Crippen molar-refractivity contribution in [2.24, 2.45) is 0 Å². The van der Waals surface area contributed by atoms with Crippen LogP contribution in [-0.4, -0.2) is 23.0 Å². The molecule has 1 heterocycles. The minimum absolute atomic E-state index is 0.121. The Morgan fingerprint density at radius 1 is 1.18 bits per heavy atom. The number of methoxy groups -OCH3 is 1. The average molecular weight is 403 g/mol. The molecule has 28 heavy (non-hydrogen) atoms. The molecular weight excluding hydrogens is 387 g/mol. The second-order valence-corrected chi connectivity index (χ2v) is 5.95. The maximum absolute atomic E-state index is 13.7. The van der Waals surface area contributed by atoms with Crippen LogP contribution in [0.2, 0.25) is 5.02 Å². The van der Waals surface area contributed by atoms with Gasteiger partial charge in [-0.25, -0.2) is 14.4 Å². The largest absolute Gasteiger partial charge is 0.495 e. The van der Waals surface area contributed by atoms with E-state index < -0.39 is 11.7 Å². The summed E-state index contributed by atoms with van der Waals surface area (Å²) in [5.41, 5.74) is 11.5. The van der Waals surface area contributed by atoms with Crippen molar-refractivity contribution < 1.29 is 13.9 Å². The molecule has 5 N–H and O–H groups in total. The zero-order chi connectivity index (χ0) is 20.1.